The van der Waals surface area contributed by atoms with Crippen molar-refractivity contribution < 1.29 is 22.9 Å². The molecule has 0 atom stereocenters. The van der Waals surface area contributed by atoms with Crippen molar-refractivity contribution in [1.29, 1.82) is 0 Å². The molecule has 10 heteroatoms. The molecular formula is C18H19N3O6S. The van der Waals surface area contributed by atoms with E-state index in [9.17, 15) is 23.3 Å². The van der Waals surface area contributed by atoms with Crippen molar-refractivity contribution in [3.8, 4) is 0 Å². The molecule has 9 nitrogen and oxygen atoms in total. The van der Waals surface area contributed by atoms with Crippen molar-refractivity contribution in [3.63, 3.8) is 0 Å². The number of nitro benzene ring substituents is 1. The zero-order valence-electron chi connectivity index (χ0n) is 15.0. The number of rotatable bonds is 9. The summed E-state index contributed by atoms with van der Waals surface area (Å²) in [5.74, 6) is -0.612. The number of esters is 1. The van der Waals surface area contributed by atoms with Crippen LogP contribution >= 0.6 is 0 Å². The van der Waals surface area contributed by atoms with E-state index in [1.54, 1.807) is 12.2 Å². The Kier molecular flexibility index (Phi) is 7.24. The summed E-state index contributed by atoms with van der Waals surface area (Å²) in [5.41, 5.74) is 0.508. The molecule has 0 saturated carbocycles. The minimum Gasteiger partial charge on any atom is -0.460 e. The maximum absolute atomic E-state index is 11.8. The third-order valence-corrected chi connectivity index (χ3v) is 5.03. The van der Waals surface area contributed by atoms with E-state index < -0.39 is 26.6 Å². The van der Waals surface area contributed by atoms with Crippen LogP contribution in [0.5, 0.6) is 0 Å². The SMILES string of the molecule is CNS(=O)(=O)c1ccc(NCC(=O)OC/C=C/c2ccccc2)c([N+](=O)[O-])c1. The van der Waals surface area contributed by atoms with Crippen LogP contribution in [0, 0.1) is 10.1 Å². The van der Waals surface area contributed by atoms with Gasteiger partial charge in [0, 0.05) is 6.07 Å². The summed E-state index contributed by atoms with van der Waals surface area (Å²) in [7, 11) is -2.62. The molecule has 0 aliphatic heterocycles. The number of carbonyl (C=O) groups is 1. The predicted molar refractivity (Wildman–Crippen MR) is 104 cm³/mol. The lowest BCUT2D eigenvalue weighted by Gasteiger charge is -2.08. The summed E-state index contributed by atoms with van der Waals surface area (Å²) >= 11 is 0. The van der Waals surface area contributed by atoms with Gasteiger partial charge in [-0.15, -0.1) is 0 Å². The van der Waals surface area contributed by atoms with E-state index >= 15 is 0 Å². The van der Waals surface area contributed by atoms with Gasteiger partial charge >= 0.3 is 5.97 Å². The number of anilines is 1. The molecule has 2 N–H and O–H groups in total. The number of sulfonamides is 1. The smallest absolute Gasteiger partial charge is 0.325 e. The highest BCUT2D eigenvalue weighted by atomic mass is 32.2. The first-order valence-electron chi connectivity index (χ1n) is 8.16. The Morgan fingerprint density at radius 1 is 1.21 bits per heavy atom. The van der Waals surface area contributed by atoms with E-state index in [0.29, 0.717) is 0 Å². The number of nitrogens with one attached hydrogen (secondary N) is 2. The summed E-state index contributed by atoms with van der Waals surface area (Å²) in [4.78, 5) is 22.0. The largest absolute Gasteiger partial charge is 0.460 e. The Balaban J connectivity index is 1.95. The van der Waals surface area contributed by atoms with Gasteiger partial charge in [0.1, 0.15) is 18.8 Å². The van der Waals surface area contributed by atoms with Gasteiger partial charge in [0.25, 0.3) is 5.69 Å². The van der Waals surface area contributed by atoms with Gasteiger partial charge in [0.05, 0.1) is 9.82 Å². The van der Waals surface area contributed by atoms with Crippen LogP contribution in [-0.2, 0) is 19.6 Å². The average molecular weight is 405 g/mol. The Morgan fingerprint density at radius 2 is 1.93 bits per heavy atom. The molecule has 2 aromatic rings. The molecule has 0 bridgehead atoms. The number of hydrogen-bond acceptors (Lipinski definition) is 7. The number of hydrogen-bond donors (Lipinski definition) is 2. The van der Waals surface area contributed by atoms with Gasteiger partial charge in [-0.25, -0.2) is 13.1 Å². The molecule has 0 aliphatic carbocycles. The second-order valence-electron chi connectivity index (χ2n) is 5.49. The minimum atomic E-state index is -3.82. The monoisotopic (exact) mass is 405 g/mol. The zero-order chi connectivity index (χ0) is 20.6. The highest BCUT2D eigenvalue weighted by Crippen LogP contribution is 2.27. The molecule has 0 saturated heterocycles. The minimum absolute atomic E-state index is 0.0110. The number of nitrogens with zero attached hydrogens (tertiary/aromatic N) is 1. The molecule has 148 valence electrons. The molecule has 2 aromatic carbocycles. The Morgan fingerprint density at radius 3 is 2.57 bits per heavy atom. The normalized spacial score (nSPS) is 11.3. The summed E-state index contributed by atoms with van der Waals surface area (Å²) in [5, 5.41) is 13.8. The van der Waals surface area contributed by atoms with Crippen molar-refractivity contribution in [2.24, 2.45) is 0 Å². The first-order chi connectivity index (χ1) is 13.3. The molecule has 0 spiro atoms. The van der Waals surface area contributed by atoms with E-state index in [2.05, 4.69) is 10.0 Å². The molecule has 0 aliphatic rings. The van der Waals surface area contributed by atoms with Crippen molar-refractivity contribution >= 4 is 33.4 Å². The predicted octanol–water partition coefficient (Wildman–Crippen LogP) is 2.17. The lowest BCUT2D eigenvalue weighted by atomic mass is 10.2. The van der Waals surface area contributed by atoms with E-state index in [-0.39, 0.29) is 23.7 Å². The van der Waals surface area contributed by atoms with Crippen molar-refractivity contribution in [1.82, 2.24) is 4.72 Å². The van der Waals surface area contributed by atoms with Gasteiger partial charge in [-0.1, -0.05) is 36.4 Å². The van der Waals surface area contributed by atoms with Crippen LogP contribution in [0.25, 0.3) is 6.08 Å². The molecule has 0 heterocycles. The third-order valence-electron chi connectivity index (χ3n) is 3.62. The molecule has 28 heavy (non-hydrogen) atoms. The summed E-state index contributed by atoms with van der Waals surface area (Å²) in [6.45, 7) is -0.255. The topological polar surface area (TPSA) is 128 Å². The van der Waals surface area contributed by atoms with Gasteiger partial charge in [0.15, 0.2) is 0 Å². The van der Waals surface area contributed by atoms with E-state index in [1.165, 1.54) is 19.2 Å². The highest BCUT2D eigenvalue weighted by Gasteiger charge is 2.20. The standard InChI is InChI=1S/C18H19N3O6S/c1-19-28(25,26)15-9-10-16(17(12-15)21(23)24)20-13-18(22)27-11-5-8-14-6-3-2-4-7-14/h2-10,12,19-20H,11,13H2,1H3/b8-5+. The Hall–Kier alpha value is -3.24. The Labute approximate surface area is 162 Å². The van der Waals surface area contributed by atoms with Crippen molar-refractivity contribution in [3.05, 3.63) is 70.3 Å². The van der Waals surface area contributed by atoms with E-state index in [4.69, 9.17) is 4.74 Å². The molecule has 0 radical (unpaired) electrons. The average Bonchev–Trinajstić information content (AvgIpc) is 2.70. The fraction of sp³-hybridized carbons (Fsp3) is 0.167. The van der Waals surface area contributed by atoms with Gasteiger partial charge in [0.2, 0.25) is 10.0 Å². The quantitative estimate of drug-likeness (QED) is 0.372. The van der Waals surface area contributed by atoms with Crippen LogP contribution in [0.1, 0.15) is 5.56 Å². The van der Waals surface area contributed by atoms with Gasteiger partial charge in [-0.05, 0) is 30.8 Å². The second kappa shape index (κ2) is 9.62. The zero-order valence-corrected chi connectivity index (χ0v) is 15.8. The first-order valence-corrected chi connectivity index (χ1v) is 9.65. The first kappa shape index (κ1) is 21.1. The summed E-state index contributed by atoms with van der Waals surface area (Å²) in [6.07, 6.45) is 3.47. The summed E-state index contributed by atoms with van der Waals surface area (Å²) in [6, 6.07) is 12.8. The fourth-order valence-corrected chi connectivity index (χ4v) is 2.95. The van der Waals surface area contributed by atoms with Crippen LogP contribution in [0.3, 0.4) is 0 Å². The van der Waals surface area contributed by atoms with Crippen LogP contribution in [0.4, 0.5) is 11.4 Å². The lowest BCUT2D eigenvalue weighted by molar-refractivity contribution is -0.384. The molecule has 0 unspecified atom stereocenters. The number of carbonyl (C=O) groups excluding carboxylic acids is 1. The Bertz CT molecular complexity index is 974. The third kappa shape index (κ3) is 5.89. The van der Waals surface area contributed by atoms with Gasteiger partial charge in [-0.2, -0.15) is 0 Å². The molecule has 0 aromatic heterocycles. The fourth-order valence-electron chi connectivity index (χ4n) is 2.20. The van der Waals surface area contributed by atoms with Crippen LogP contribution in [0.15, 0.2) is 59.5 Å². The maximum atomic E-state index is 11.8. The van der Waals surface area contributed by atoms with Crippen molar-refractivity contribution in [2.75, 3.05) is 25.5 Å². The maximum Gasteiger partial charge on any atom is 0.325 e. The van der Waals surface area contributed by atoms with Gasteiger partial charge in [-0.3, -0.25) is 14.9 Å². The summed E-state index contributed by atoms with van der Waals surface area (Å²) < 4.78 is 30.6. The van der Waals surface area contributed by atoms with E-state index in [0.717, 1.165) is 11.6 Å². The molecule has 2 rings (SSSR count). The number of nitro groups is 1. The number of ether oxygens (including phenoxy) is 1. The second-order valence-corrected chi connectivity index (χ2v) is 7.38. The van der Waals surface area contributed by atoms with Crippen LogP contribution < -0.4 is 10.0 Å². The van der Waals surface area contributed by atoms with Crippen LogP contribution in [-0.4, -0.2) is 39.5 Å². The van der Waals surface area contributed by atoms with E-state index in [1.807, 2.05) is 30.3 Å². The van der Waals surface area contributed by atoms with Gasteiger partial charge < -0.3 is 10.1 Å². The molecular weight excluding hydrogens is 386 g/mol. The van der Waals surface area contributed by atoms with Crippen LogP contribution in [0.2, 0.25) is 0 Å². The molecule has 0 fully saturated rings. The van der Waals surface area contributed by atoms with Crippen molar-refractivity contribution in [2.45, 2.75) is 4.90 Å². The lowest BCUT2D eigenvalue weighted by Crippen LogP contribution is -2.20. The highest BCUT2D eigenvalue weighted by molar-refractivity contribution is 7.89. The number of benzene rings is 2. The molecule has 0 amide bonds.